The summed E-state index contributed by atoms with van der Waals surface area (Å²) in [7, 11) is 0. The van der Waals surface area contributed by atoms with Gasteiger partial charge in [-0.15, -0.1) is 0 Å². The van der Waals surface area contributed by atoms with E-state index in [1.54, 1.807) is 0 Å². The Bertz CT molecular complexity index is 2350. The standard InChI is InChI=1S/C46H32N2O/c1-5-15-33(16-6-1)34-27-30-39(31-28-34)48(38-22-11-4-12-23-38)42-32-29-35-17-13-24-40-44(35)46(42)49-43-26-14-25-41(45(40)43)47(36-18-7-2-8-19-36)37-20-9-3-10-21-37/h1-32H. The maximum absolute atomic E-state index is 7.09. The van der Waals surface area contributed by atoms with Crippen LogP contribution in [0.15, 0.2) is 194 Å². The molecule has 3 heteroatoms. The van der Waals surface area contributed by atoms with Crippen LogP contribution < -0.4 is 14.5 Å². The van der Waals surface area contributed by atoms with Crippen molar-refractivity contribution in [2.45, 2.75) is 0 Å². The number of anilines is 6. The van der Waals surface area contributed by atoms with E-state index in [0.29, 0.717) is 0 Å². The smallest absolute Gasteiger partial charge is 0.159 e. The highest BCUT2D eigenvalue weighted by atomic mass is 16.5. The second-order valence-corrected chi connectivity index (χ2v) is 12.2. The molecule has 0 aromatic heterocycles. The fourth-order valence-electron chi connectivity index (χ4n) is 7.01. The summed E-state index contributed by atoms with van der Waals surface area (Å²) in [6, 6.07) is 68.3. The quantitative estimate of drug-likeness (QED) is 0.175. The molecule has 8 aromatic carbocycles. The maximum Gasteiger partial charge on any atom is 0.159 e. The third-order valence-corrected chi connectivity index (χ3v) is 9.22. The van der Waals surface area contributed by atoms with Gasteiger partial charge in [-0.2, -0.15) is 0 Å². The average Bonchev–Trinajstić information content (AvgIpc) is 3.18. The van der Waals surface area contributed by atoms with Gasteiger partial charge in [0.25, 0.3) is 0 Å². The second kappa shape index (κ2) is 12.2. The molecule has 9 rings (SSSR count). The van der Waals surface area contributed by atoms with E-state index in [1.165, 1.54) is 11.1 Å². The third-order valence-electron chi connectivity index (χ3n) is 9.22. The Hall–Kier alpha value is -6.58. The summed E-state index contributed by atoms with van der Waals surface area (Å²) in [5.41, 5.74) is 10.9. The van der Waals surface area contributed by atoms with Gasteiger partial charge in [0.05, 0.1) is 11.4 Å². The highest BCUT2D eigenvalue weighted by Crippen LogP contribution is 2.56. The van der Waals surface area contributed by atoms with E-state index in [4.69, 9.17) is 4.74 Å². The number of para-hydroxylation sites is 3. The molecule has 0 spiro atoms. The van der Waals surface area contributed by atoms with E-state index < -0.39 is 0 Å². The minimum Gasteiger partial charge on any atom is -0.454 e. The number of fused-ring (bicyclic) bond motifs is 2. The average molecular weight is 629 g/mol. The lowest BCUT2D eigenvalue weighted by Crippen LogP contribution is -2.14. The van der Waals surface area contributed by atoms with Crippen molar-refractivity contribution in [1.29, 1.82) is 0 Å². The van der Waals surface area contributed by atoms with Crippen molar-refractivity contribution in [1.82, 2.24) is 0 Å². The molecule has 0 atom stereocenters. The van der Waals surface area contributed by atoms with Crippen LogP contribution in [-0.4, -0.2) is 0 Å². The Morgan fingerprint density at radius 2 is 0.857 bits per heavy atom. The molecule has 0 saturated carbocycles. The summed E-state index contributed by atoms with van der Waals surface area (Å²) in [6.45, 7) is 0. The number of ether oxygens (including phenoxy) is 1. The molecule has 0 amide bonds. The van der Waals surface area contributed by atoms with Gasteiger partial charge in [0.1, 0.15) is 5.75 Å². The summed E-state index contributed by atoms with van der Waals surface area (Å²) >= 11 is 0. The van der Waals surface area contributed by atoms with Gasteiger partial charge in [0, 0.05) is 33.7 Å². The molecule has 0 radical (unpaired) electrons. The first-order valence-corrected chi connectivity index (χ1v) is 16.6. The lowest BCUT2D eigenvalue weighted by atomic mass is 9.92. The van der Waals surface area contributed by atoms with Crippen LogP contribution in [-0.2, 0) is 0 Å². The molecule has 0 fully saturated rings. The van der Waals surface area contributed by atoms with Crippen LogP contribution in [0, 0.1) is 0 Å². The fraction of sp³-hybridized carbons (Fsp3) is 0. The Labute approximate surface area is 286 Å². The Balaban J connectivity index is 1.25. The summed E-state index contributed by atoms with van der Waals surface area (Å²) in [4.78, 5) is 4.62. The van der Waals surface area contributed by atoms with E-state index in [9.17, 15) is 0 Å². The zero-order valence-electron chi connectivity index (χ0n) is 26.8. The summed E-state index contributed by atoms with van der Waals surface area (Å²) < 4.78 is 7.09. The van der Waals surface area contributed by atoms with Gasteiger partial charge in [0.15, 0.2) is 5.75 Å². The van der Waals surface area contributed by atoms with Crippen molar-refractivity contribution in [3.05, 3.63) is 194 Å². The summed E-state index contributed by atoms with van der Waals surface area (Å²) in [6.07, 6.45) is 0. The predicted molar refractivity (Wildman–Crippen MR) is 204 cm³/mol. The van der Waals surface area contributed by atoms with Crippen LogP contribution in [0.1, 0.15) is 0 Å². The molecule has 0 N–H and O–H groups in total. The molecule has 8 aromatic rings. The van der Waals surface area contributed by atoms with Crippen molar-refractivity contribution in [3.63, 3.8) is 0 Å². The van der Waals surface area contributed by atoms with Gasteiger partial charge in [0.2, 0.25) is 0 Å². The molecule has 1 aliphatic rings. The first-order chi connectivity index (χ1) is 24.3. The van der Waals surface area contributed by atoms with Crippen LogP contribution in [0.25, 0.3) is 33.0 Å². The largest absolute Gasteiger partial charge is 0.454 e. The zero-order chi connectivity index (χ0) is 32.6. The van der Waals surface area contributed by atoms with Gasteiger partial charge in [-0.3, -0.25) is 0 Å². The van der Waals surface area contributed by atoms with E-state index in [2.05, 4.69) is 204 Å². The molecule has 1 aliphatic heterocycles. The van der Waals surface area contributed by atoms with Crippen molar-refractivity contribution >= 4 is 44.9 Å². The molecule has 0 unspecified atom stereocenters. The molecule has 3 nitrogen and oxygen atoms in total. The fourth-order valence-corrected chi connectivity index (χ4v) is 7.01. The molecule has 49 heavy (non-hydrogen) atoms. The summed E-state index contributed by atoms with van der Waals surface area (Å²) in [5, 5.41) is 2.23. The summed E-state index contributed by atoms with van der Waals surface area (Å²) in [5.74, 6) is 1.67. The number of rotatable bonds is 7. The maximum atomic E-state index is 7.09. The molecule has 0 aliphatic carbocycles. The Morgan fingerprint density at radius 3 is 1.47 bits per heavy atom. The highest BCUT2D eigenvalue weighted by molar-refractivity contribution is 6.11. The van der Waals surface area contributed by atoms with Crippen molar-refractivity contribution in [2.75, 3.05) is 9.80 Å². The van der Waals surface area contributed by atoms with Crippen LogP contribution >= 0.6 is 0 Å². The third kappa shape index (κ3) is 5.09. The van der Waals surface area contributed by atoms with Gasteiger partial charge in [-0.05, 0) is 88.8 Å². The minimum atomic E-state index is 0.828. The normalized spacial score (nSPS) is 11.4. The zero-order valence-corrected chi connectivity index (χ0v) is 26.8. The second-order valence-electron chi connectivity index (χ2n) is 12.2. The van der Waals surface area contributed by atoms with Crippen molar-refractivity contribution < 1.29 is 4.74 Å². The molecule has 0 bridgehead atoms. The first kappa shape index (κ1) is 28.6. The SMILES string of the molecule is c1ccc(-c2ccc(N(c3ccccc3)c3ccc4cccc5c4c3Oc3cccc(N(c4ccccc4)c4ccccc4)c3-5)cc2)cc1. The van der Waals surface area contributed by atoms with E-state index in [1.807, 2.05) is 0 Å². The topological polar surface area (TPSA) is 15.7 Å². The van der Waals surface area contributed by atoms with Crippen molar-refractivity contribution in [3.8, 4) is 33.8 Å². The van der Waals surface area contributed by atoms with Gasteiger partial charge >= 0.3 is 0 Å². The van der Waals surface area contributed by atoms with Crippen LogP contribution in [0.2, 0.25) is 0 Å². The molecule has 232 valence electrons. The van der Waals surface area contributed by atoms with Gasteiger partial charge in [-0.1, -0.05) is 127 Å². The van der Waals surface area contributed by atoms with E-state index in [0.717, 1.165) is 67.5 Å². The van der Waals surface area contributed by atoms with E-state index in [-0.39, 0.29) is 0 Å². The number of nitrogens with zero attached hydrogens (tertiary/aromatic N) is 2. The van der Waals surface area contributed by atoms with Crippen molar-refractivity contribution in [2.24, 2.45) is 0 Å². The minimum absolute atomic E-state index is 0.828. The molecule has 1 heterocycles. The van der Waals surface area contributed by atoms with E-state index >= 15 is 0 Å². The molecular formula is C46H32N2O. The van der Waals surface area contributed by atoms with Crippen LogP contribution in [0.3, 0.4) is 0 Å². The first-order valence-electron chi connectivity index (χ1n) is 16.6. The molecule has 0 saturated heterocycles. The highest BCUT2D eigenvalue weighted by Gasteiger charge is 2.29. The van der Waals surface area contributed by atoms with Gasteiger partial charge < -0.3 is 14.5 Å². The Kier molecular flexibility index (Phi) is 7.14. The van der Waals surface area contributed by atoms with Crippen LogP contribution in [0.4, 0.5) is 34.1 Å². The lowest BCUT2D eigenvalue weighted by Gasteiger charge is -2.33. The predicted octanol–water partition coefficient (Wildman–Crippen LogP) is 13.2. The van der Waals surface area contributed by atoms with Crippen LogP contribution in [0.5, 0.6) is 11.5 Å². The number of hydrogen-bond acceptors (Lipinski definition) is 3. The Morgan fingerprint density at radius 1 is 0.347 bits per heavy atom. The lowest BCUT2D eigenvalue weighted by molar-refractivity contribution is 0.488. The monoisotopic (exact) mass is 628 g/mol. The van der Waals surface area contributed by atoms with Gasteiger partial charge in [-0.25, -0.2) is 0 Å². The number of benzene rings is 8. The number of hydrogen-bond donors (Lipinski definition) is 0. The molecular weight excluding hydrogens is 597 g/mol.